The van der Waals surface area contributed by atoms with Gasteiger partial charge in [0, 0.05) is 6.20 Å². The minimum Gasteiger partial charge on any atom is -0.370 e. The van der Waals surface area contributed by atoms with Crippen LogP contribution in [0.2, 0.25) is 0 Å². The quantitative estimate of drug-likeness (QED) is 0.466. The summed E-state index contributed by atoms with van der Waals surface area (Å²) in [5.74, 6) is 0.525. The van der Waals surface area contributed by atoms with Gasteiger partial charge < -0.3 is 11.5 Å². The zero-order chi connectivity index (χ0) is 9.26. The molecule has 0 spiro atoms. The number of hydrogen-bond acceptors (Lipinski definition) is 3. The lowest BCUT2D eigenvalue weighted by Crippen LogP contribution is -2.21. The molecule has 14 heavy (non-hydrogen) atoms. The molecule has 0 aliphatic carbocycles. The molecule has 0 bridgehead atoms. The second-order valence-electron chi connectivity index (χ2n) is 2.48. The molecular weight excluding hydrogens is 204 g/mol. The van der Waals surface area contributed by atoms with Gasteiger partial charge in [0.15, 0.2) is 17.4 Å². The Morgan fingerprint density at radius 1 is 1.43 bits per heavy atom. The maximum absolute atomic E-state index is 5.23. The van der Waals surface area contributed by atoms with Crippen LogP contribution < -0.4 is 11.5 Å². The minimum atomic E-state index is -0.00518. The van der Waals surface area contributed by atoms with E-state index in [1.54, 1.807) is 12.3 Å². The van der Waals surface area contributed by atoms with E-state index in [2.05, 4.69) is 20.2 Å². The number of nitrogens with two attached hydrogens (primary N) is 2. The Bertz CT molecular complexity index is 458. The highest BCUT2D eigenvalue weighted by Gasteiger charge is 2.03. The van der Waals surface area contributed by atoms with Crippen molar-refractivity contribution in [2.24, 2.45) is 16.5 Å². The molecule has 74 valence electrons. The topological polar surface area (TPSA) is 106 Å². The number of halogens is 1. The zero-order valence-corrected chi connectivity index (χ0v) is 7.95. The number of aliphatic imine (C=N–C) groups is 1. The van der Waals surface area contributed by atoms with Gasteiger partial charge in [0.05, 0.1) is 5.39 Å². The Morgan fingerprint density at radius 3 is 2.93 bits per heavy atom. The molecule has 0 atom stereocenters. The van der Waals surface area contributed by atoms with Gasteiger partial charge in [-0.15, -0.1) is 12.4 Å². The largest absolute Gasteiger partial charge is 0.370 e. The van der Waals surface area contributed by atoms with E-state index in [0.29, 0.717) is 11.5 Å². The second-order valence-corrected chi connectivity index (χ2v) is 2.48. The molecule has 0 amide bonds. The summed E-state index contributed by atoms with van der Waals surface area (Å²) in [5, 5.41) is 7.40. The van der Waals surface area contributed by atoms with E-state index in [4.69, 9.17) is 11.5 Å². The number of fused-ring (bicyclic) bond motifs is 1. The predicted molar refractivity (Wildman–Crippen MR) is 56.6 cm³/mol. The first kappa shape index (κ1) is 10.3. The van der Waals surface area contributed by atoms with Crippen LogP contribution in [-0.4, -0.2) is 21.1 Å². The first-order valence-corrected chi connectivity index (χ1v) is 3.66. The monoisotopic (exact) mass is 212 g/mol. The summed E-state index contributed by atoms with van der Waals surface area (Å²) >= 11 is 0. The smallest absolute Gasteiger partial charge is 0.192 e. The molecular formula is C7H9ClN6. The van der Waals surface area contributed by atoms with Crippen LogP contribution in [0.4, 0.5) is 5.82 Å². The molecule has 2 aromatic rings. The zero-order valence-electron chi connectivity index (χ0n) is 7.14. The van der Waals surface area contributed by atoms with E-state index in [1.165, 1.54) is 0 Å². The van der Waals surface area contributed by atoms with Crippen molar-refractivity contribution in [1.82, 2.24) is 15.2 Å². The average Bonchev–Trinajstić information content (AvgIpc) is 2.48. The highest BCUT2D eigenvalue weighted by molar-refractivity contribution is 5.89. The first-order chi connectivity index (χ1) is 6.27. The van der Waals surface area contributed by atoms with Crippen molar-refractivity contribution in [2.45, 2.75) is 0 Å². The molecule has 5 N–H and O–H groups in total. The third-order valence-corrected chi connectivity index (χ3v) is 1.55. The maximum atomic E-state index is 5.23. The Balaban J connectivity index is 0.000000980. The molecule has 0 aliphatic rings. The van der Waals surface area contributed by atoms with Crippen LogP contribution in [0.1, 0.15) is 0 Å². The molecule has 0 saturated carbocycles. The summed E-state index contributed by atoms with van der Waals surface area (Å²) in [6.45, 7) is 0. The van der Waals surface area contributed by atoms with Gasteiger partial charge in [0.2, 0.25) is 0 Å². The summed E-state index contributed by atoms with van der Waals surface area (Å²) in [6.07, 6.45) is 1.66. The van der Waals surface area contributed by atoms with Crippen LogP contribution in [0.5, 0.6) is 0 Å². The molecule has 0 unspecified atom stereocenters. The molecule has 0 saturated heterocycles. The van der Waals surface area contributed by atoms with Gasteiger partial charge in [-0.2, -0.15) is 10.1 Å². The molecule has 2 aromatic heterocycles. The average molecular weight is 213 g/mol. The lowest BCUT2D eigenvalue weighted by molar-refractivity contribution is 1.09. The SMILES string of the molecule is Cl.NC(N)=Nc1[nH]nc2ncccc12. The second kappa shape index (κ2) is 3.93. The van der Waals surface area contributed by atoms with Crippen LogP contribution in [0, 0.1) is 0 Å². The van der Waals surface area contributed by atoms with E-state index in [0.717, 1.165) is 5.39 Å². The van der Waals surface area contributed by atoms with E-state index < -0.39 is 0 Å². The van der Waals surface area contributed by atoms with Crippen LogP contribution in [0.15, 0.2) is 23.3 Å². The molecule has 2 heterocycles. The van der Waals surface area contributed by atoms with Gasteiger partial charge in [-0.1, -0.05) is 0 Å². The van der Waals surface area contributed by atoms with E-state index in [-0.39, 0.29) is 18.4 Å². The third kappa shape index (κ3) is 1.74. The van der Waals surface area contributed by atoms with Gasteiger partial charge in [0.25, 0.3) is 0 Å². The van der Waals surface area contributed by atoms with Crippen LogP contribution in [0.25, 0.3) is 11.0 Å². The number of H-pyrrole nitrogens is 1. The highest BCUT2D eigenvalue weighted by Crippen LogP contribution is 2.19. The predicted octanol–water partition coefficient (Wildman–Crippen LogP) is 0.285. The van der Waals surface area contributed by atoms with Crippen molar-refractivity contribution >= 4 is 35.2 Å². The highest BCUT2D eigenvalue weighted by atomic mass is 35.5. The minimum absolute atomic E-state index is 0. The number of nitrogens with one attached hydrogen (secondary N) is 1. The Labute approximate surface area is 85.8 Å². The summed E-state index contributed by atoms with van der Waals surface area (Å²) in [6, 6.07) is 3.64. The van der Waals surface area contributed by atoms with Crippen molar-refractivity contribution < 1.29 is 0 Å². The molecule has 0 fully saturated rings. The third-order valence-electron chi connectivity index (χ3n) is 1.55. The van der Waals surface area contributed by atoms with Gasteiger partial charge in [-0.05, 0) is 12.1 Å². The molecule has 0 radical (unpaired) electrons. The van der Waals surface area contributed by atoms with E-state index in [9.17, 15) is 0 Å². The first-order valence-electron chi connectivity index (χ1n) is 3.66. The van der Waals surface area contributed by atoms with Crippen molar-refractivity contribution in [3.63, 3.8) is 0 Å². The van der Waals surface area contributed by atoms with Gasteiger partial charge in [-0.25, -0.2) is 4.98 Å². The van der Waals surface area contributed by atoms with Crippen LogP contribution in [-0.2, 0) is 0 Å². The fourth-order valence-electron chi connectivity index (χ4n) is 1.05. The number of nitrogens with zero attached hydrogens (tertiary/aromatic N) is 3. The number of aromatic amines is 1. The lowest BCUT2D eigenvalue weighted by atomic mass is 10.3. The summed E-state index contributed by atoms with van der Waals surface area (Å²) in [5.41, 5.74) is 11.1. The van der Waals surface area contributed by atoms with Gasteiger partial charge in [0.1, 0.15) is 0 Å². The fourth-order valence-corrected chi connectivity index (χ4v) is 1.05. The van der Waals surface area contributed by atoms with E-state index >= 15 is 0 Å². The number of rotatable bonds is 1. The normalized spacial score (nSPS) is 9.43. The maximum Gasteiger partial charge on any atom is 0.192 e. The molecule has 0 aromatic carbocycles. The molecule has 2 rings (SSSR count). The van der Waals surface area contributed by atoms with Crippen LogP contribution in [0.3, 0.4) is 0 Å². The van der Waals surface area contributed by atoms with Crippen molar-refractivity contribution in [3.05, 3.63) is 18.3 Å². The number of guanidine groups is 1. The van der Waals surface area contributed by atoms with Crippen molar-refractivity contribution in [1.29, 1.82) is 0 Å². The van der Waals surface area contributed by atoms with Crippen molar-refractivity contribution in [3.8, 4) is 0 Å². The Hall–Kier alpha value is -1.82. The summed E-state index contributed by atoms with van der Waals surface area (Å²) in [4.78, 5) is 7.88. The summed E-state index contributed by atoms with van der Waals surface area (Å²) in [7, 11) is 0. The standard InChI is InChI=1S/C7H8N6.ClH/c8-7(9)11-6-4-2-1-3-10-5(4)12-13-6;/h1-3H,(H5,8,9,10,11,12,13);1H. The van der Waals surface area contributed by atoms with Crippen LogP contribution >= 0.6 is 12.4 Å². The molecule has 7 heteroatoms. The molecule has 6 nitrogen and oxygen atoms in total. The Kier molecular flexibility index (Phi) is 2.88. The molecule has 0 aliphatic heterocycles. The van der Waals surface area contributed by atoms with E-state index in [1.807, 2.05) is 6.07 Å². The van der Waals surface area contributed by atoms with Gasteiger partial charge in [-0.3, -0.25) is 5.10 Å². The number of pyridine rings is 1. The van der Waals surface area contributed by atoms with Gasteiger partial charge >= 0.3 is 0 Å². The lowest BCUT2D eigenvalue weighted by Gasteiger charge is -1.89. The van der Waals surface area contributed by atoms with Crippen molar-refractivity contribution in [2.75, 3.05) is 0 Å². The number of hydrogen-bond donors (Lipinski definition) is 3. The fraction of sp³-hybridized carbons (Fsp3) is 0. The number of aromatic nitrogens is 3. The summed E-state index contributed by atoms with van der Waals surface area (Å²) < 4.78 is 0. The Morgan fingerprint density at radius 2 is 2.21 bits per heavy atom.